The van der Waals surface area contributed by atoms with Crippen LogP contribution in [0.3, 0.4) is 0 Å². The molecular weight excluding hydrogens is 280 g/mol. The number of anilines is 1. The molecule has 82 valence electrons. The Kier molecular flexibility index (Phi) is 4.29. The highest BCUT2D eigenvalue weighted by molar-refractivity contribution is 9.10. The van der Waals surface area contributed by atoms with E-state index in [1.54, 1.807) is 24.3 Å². The van der Waals surface area contributed by atoms with Gasteiger partial charge in [0.25, 0.3) is 0 Å². The van der Waals surface area contributed by atoms with Crippen LogP contribution in [0.15, 0.2) is 28.4 Å². The minimum Gasteiger partial charge on any atom is -0.359 e. The summed E-state index contributed by atoms with van der Waals surface area (Å²) >= 11 is 3.32. The average molecular weight is 287 g/mol. The van der Waals surface area contributed by atoms with E-state index in [1.165, 1.54) is 6.20 Å². The van der Waals surface area contributed by atoms with Crippen LogP contribution in [0.4, 0.5) is 5.69 Å². The van der Waals surface area contributed by atoms with Crippen molar-refractivity contribution in [3.8, 4) is 18.2 Å². The van der Waals surface area contributed by atoms with E-state index in [1.807, 2.05) is 13.0 Å². The van der Waals surface area contributed by atoms with Gasteiger partial charge in [0.05, 0.1) is 17.3 Å². The number of hydrogen-bond acceptors (Lipinski definition) is 4. The monoisotopic (exact) mass is 286 g/mol. The van der Waals surface area contributed by atoms with Crippen molar-refractivity contribution in [1.82, 2.24) is 0 Å². The van der Waals surface area contributed by atoms with Crippen molar-refractivity contribution in [1.29, 1.82) is 15.8 Å². The number of nitrogens with one attached hydrogen (secondary N) is 1. The summed E-state index contributed by atoms with van der Waals surface area (Å²) in [6.07, 6.45) is 1.33. The van der Waals surface area contributed by atoms with E-state index in [0.29, 0.717) is 10.0 Å². The summed E-state index contributed by atoms with van der Waals surface area (Å²) < 4.78 is 0.709. The molecule has 0 aliphatic rings. The number of hydrogen-bond donors (Lipinski definition) is 1. The molecule has 0 saturated heterocycles. The van der Waals surface area contributed by atoms with Gasteiger partial charge in [0.2, 0.25) is 0 Å². The Balaban J connectivity index is 3.11. The van der Waals surface area contributed by atoms with Crippen molar-refractivity contribution < 1.29 is 0 Å². The second-order valence-corrected chi connectivity index (χ2v) is 4.04. The molecule has 0 saturated carbocycles. The second kappa shape index (κ2) is 5.70. The van der Waals surface area contributed by atoms with E-state index in [2.05, 4.69) is 21.2 Å². The minimum absolute atomic E-state index is 0.0133. The van der Waals surface area contributed by atoms with Crippen LogP contribution < -0.4 is 5.32 Å². The Hall–Kier alpha value is -2.29. The molecule has 1 N–H and O–H groups in total. The van der Waals surface area contributed by atoms with Crippen molar-refractivity contribution in [2.45, 2.75) is 6.92 Å². The van der Waals surface area contributed by atoms with E-state index < -0.39 is 0 Å². The van der Waals surface area contributed by atoms with Crippen LogP contribution in [0, 0.1) is 40.9 Å². The molecule has 1 aromatic carbocycles. The van der Waals surface area contributed by atoms with Gasteiger partial charge in [-0.05, 0) is 40.5 Å². The maximum Gasteiger partial charge on any atom is 0.145 e. The zero-order valence-electron chi connectivity index (χ0n) is 8.95. The summed E-state index contributed by atoms with van der Waals surface area (Å²) in [5.74, 6) is 0. The lowest BCUT2D eigenvalue weighted by atomic mass is 10.1. The van der Waals surface area contributed by atoms with Gasteiger partial charge in [-0.3, -0.25) is 0 Å². The number of allylic oxidation sites excluding steroid dienone is 1. The molecule has 0 unspecified atom stereocenters. The average Bonchev–Trinajstić information content (AvgIpc) is 2.32. The molecule has 0 amide bonds. The molecular formula is C12H7BrN4. The third-order valence-corrected chi connectivity index (χ3v) is 2.64. The zero-order chi connectivity index (χ0) is 12.8. The first-order valence-corrected chi connectivity index (χ1v) is 5.38. The normalized spacial score (nSPS) is 8.41. The van der Waals surface area contributed by atoms with Gasteiger partial charge in [-0.1, -0.05) is 0 Å². The van der Waals surface area contributed by atoms with Crippen LogP contribution in [-0.4, -0.2) is 0 Å². The van der Waals surface area contributed by atoms with E-state index in [-0.39, 0.29) is 5.57 Å². The first-order valence-electron chi connectivity index (χ1n) is 4.59. The maximum atomic E-state index is 8.78. The van der Waals surface area contributed by atoms with Gasteiger partial charge < -0.3 is 5.32 Å². The molecule has 0 heterocycles. The molecule has 1 aromatic rings. The van der Waals surface area contributed by atoms with Crippen molar-refractivity contribution >= 4 is 21.6 Å². The van der Waals surface area contributed by atoms with E-state index in [0.717, 1.165) is 11.3 Å². The highest BCUT2D eigenvalue weighted by Gasteiger charge is 2.05. The molecule has 17 heavy (non-hydrogen) atoms. The maximum absolute atomic E-state index is 8.78. The van der Waals surface area contributed by atoms with Gasteiger partial charge in [-0.15, -0.1) is 0 Å². The highest BCUT2D eigenvalue weighted by atomic mass is 79.9. The van der Waals surface area contributed by atoms with Crippen LogP contribution in [0.25, 0.3) is 0 Å². The van der Waals surface area contributed by atoms with E-state index >= 15 is 0 Å². The van der Waals surface area contributed by atoms with Crippen molar-refractivity contribution in [3.05, 3.63) is 39.5 Å². The summed E-state index contributed by atoms with van der Waals surface area (Å²) in [5, 5.41) is 28.8. The fourth-order valence-corrected chi connectivity index (χ4v) is 1.90. The number of nitrogens with zero attached hydrogens (tertiary/aromatic N) is 3. The van der Waals surface area contributed by atoms with E-state index in [4.69, 9.17) is 15.8 Å². The Labute approximate surface area is 108 Å². The third-order valence-electron chi connectivity index (χ3n) is 2.02. The zero-order valence-corrected chi connectivity index (χ0v) is 10.5. The van der Waals surface area contributed by atoms with Crippen LogP contribution in [-0.2, 0) is 0 Å². The second-order valence-electron chi connectivity index (χ2n) is 3.19. The molecule has 0 atom stereocenters. The van der Waals surface area contributed by atoms with Gasteiger partial charge in [0.15, 0.2) is 0 Å². The van der Waals surface area contributed by atoms with Crippen LogP contribution >= 0.6 is 15.9 Å². The number of halogens is 1. The molecule has 5 heteroatoms. The van der Waals surface area contributed by atoms with Crippen LogP contribution in [0.1, 0.15) is 11.1 Å². The Morgan fingerprint density at radius 1 is 1.29 bits per heavy atom. The predicted molar refractivity (Wildman–Crippen MR) is 66.5 cm³/mol. The lowest BCUT2D eigenvalue weighted by molar-refractivity contribution is 1.37. The van der Waals surface area contributed by atoms with Crippen LogP contribution in [0.2, 0.25) is 0 Å². The summed E-state index contributed by atoms with van der Waals surface area (Å²) in [4.78, 5) is 0. The smallest absolute Gasteiger partial charge is 0.145 e. The van der Waals surface area contributed by atoms with Gasteiger partial charge >= 0.3 is 0 Å². The first-order chi connectivity index (χ1) is 8.12. The van der Waals surface area contributed by atoms with Gasteiger partial charge in [0.1, 0.15) is 17.7 Å². The SMILES string of the molecule is Cc1cc(C#N)cc(Br)c1NC=C(C#N)C#N. The van der Waals surface area contributed by atoms with Gasteiger partial charge in [0, 0.05) is 10.7 Å². The summed E-state index contributed by atoms with van der Waals surface area (Å²) in [6, 6.07) is 8.94. The predicted octanol–water partition coefficient (Wildman–Crippen LogP) is 2.97. The molecule has 0 bridgehead atoms. The van der Waals surface area contributed by atoms with Crippen molar-refractivity contribution in [2.24, 2.45) is 0 Å². The van der Waals surface area contributed by atoms with Gasteiger partial charge in [-0.2, -0.15) is 15.8 Å². The Morgan fingerprint density at radius 2 is 1.94 bits per heavy atom. The lowest BCUT2D eigenvalue weighted by Crippen LogP contribution is -1.95. The molecule has 4 nitrogen and oxygen atoms in total. The number of nitriles is 3. The molecule has 0 aromatic heterocycles. The highest BCUT2D eigenvalue weighted by Crippen LogP contribution is 2.27. The molecule has 1 rings (SSSR count). The largest absolute Gasteiger partial charge is 0.359 e. The fraction of sp³-hybridized carbons (Fsp3) is 0.0833. The van der Waals surface area contributed by atoms with E-state index in [9.17, 15) is 0 Å². The van der Waals surface area contributed by atoms with Crippen LogP contribution in [0.5, 0.6) is 0 Å². The van der Waals surface area contributed by atoms with Crippen molar-refractivity contribution in [3.63, 3.8) is 0 Å². The molecule has 0 spiro atoms. The molecule has 0 fully saturated rings. The summed E-state index contributed by atoms with van der Waals surface area (Å²) in [5.41, 5.74) is 2.11. The Bertz CT molecular complexity index is 557. The molecule has 0 aliphatic heterocycles. The third kappa shape index (κ3) is 3.08. The fourth-order valence-electron chi connectivity index (χ4n) is 1.23. The molecule has 0 radical (unpaired) electrons. The van der Waals surface area contributed by atoms with Crippen molar-refractivity contribution in [2.75, 3.05) is 5.32 Å². The summed E-state index contributed by atoms with van der Waals surface area (Å²) in [7, 11) is 0. The topological polar surface area (TPSA) is 83.4 Å². The number of aryl methyl sites for hydroxylation is 1. The first kappa shape index (κ1) is 12.8. The standard InChI is InChI=1S/C12H7BrN4/c1-8-2-9(4-14)3-11(13)12(8)17-7-10(5-15)6-16/h2-3,7,17H,1H3. The minimum atomic E-state index is -0.0133. The lowest BCUT2D eigenvalue weighted by Gasteiger charge is -2.08. The Morgan fingerprint density at radius 3 is 2.41 bits per heavy atom. The summed E-state index contributed by atoms with van der Waals surface area (Å²) in [6.45, 7) is 1.83. The quantitative estimate of drug-likeness (QED) is 0.847. The number of benzene rings is 1. The number of rotatable bonds is 2. The molecule has 0 aliphatic carbocycles. The van der Waals surface area contributed by atoms with Gasteiger partial charge in [-0.25, -0.2) is 0 Å².